The Morgan fingerprint density at radius 1 is 1.20 bits per heavy atom. The molecule has 0 amide bonds. The molecule has 1 aromatic carbocycles. The largest absolute Gasteiger partial charge is 0.317 e. The van der Waals surface area contributed by atoms with Crippen LogP contribution in [0.15, 0.2) is 24.3 Å². The van der Waals surface area contributed by atoms with Crippen LogP contribution >= 0.6 is 0 Å². The monoisotopic (exact) mass is 271 g/mol. The van der Waals surface area contributed by atoms with Gasteiger partial charge in [0.25, 0.3) is 0 Å². The van der Waals surface area contributed by atoms with Crippen molar-refractivity contribution in [3.63, 3.8) is 0 Å². The van der Waals surface area contributed by atoms with E-state index in [1.807, 2.05) is 0 Å². The molecule has 1 heteroatoms. The zero-order valence-corrected chi connectivity index (χ0v) is 13.2. The van der Waals surface area contributed by atoms with Gasteiger partial charge in [0.15, 0.2) is 0 Å². The minimum absolute atomic E-state index is 0.731. The summed E-state index contributed by atoms with van der Waals surface area (Å²) >= 11 is 0. The molecule has 0 bridgehead atoms. The zero-order valence-electron chi connectivity index (χ0n) is 13.2. The fraction of sp³-hybridized carbons (Fsp3) is 0.684. The summed E-state index contributed by atoms with van der Waals surface area (Å²) in [6.45, 7) is 4.67. The Bertz CT molecular complexity index is 451. The van der Waals surface area contributed by atoms with Crippen LogP contribution in [0.1, 0.15) is 56.6 Å². The molecule has 3 rings (SSSR count). The van der Waals surface area contributed by atoms with E-state index in [0.29, 0.717) is 0 Å². The molecule has 1 saturated carbocycles. The highest BCUT2D eigenvalue weighted by Crippen LogP contribution is 2.61. The van der Waals surface area contributed by atoms with E-state index in [9.17, 15) is 0 Å². The summed E-state index contributed by atoms with van der Waals surface area (Å²) in [4.78, 5) is 0. The lowest BCUT2D eigenvalue weighted by molar-refractivity contribution is 0.406. The molecule has 0 saturated heterocycles. The van der Waals surface area contributed by atoms with Gasteiger partial charge in [0, 0.05) is 6.04 Å². The second-order valence-corrected chi connectivity index (χ2v) is 7.22. The van der Waals surface area contributed by atoms with E-state index >= 15 is 0 Å². The van der Waals surface area contributed by atoms with E-state index in [1.54, 1.807) is 11.1 Å². The third kappa shape index (κ3) is 2.65. The van der Waals surface area contributed by atoms with Crippen LogP contribution < -0.4 is 5.32 Å². The Morgan fingerprint density at radius 2 is 2.00 bits per heavy atom. The predicted molar refractivity (Wildman–Crippen MR) is 86.0 cm³/mol. The van der Waals surface area contributed by atoms with Gasteiger partial charge in [-0.1, -0.05) is 51.0 Å². The molecule has 4 atom stereocenters. The van der Waals surface area contributed by atoms with Crippen molar-refractivity contribution < 1.29 is 0 Å². The summed E-state index contributed by atoms with van der Waals surface area (Å²) in [6.07, 6.45) is 6.82. The van der Waals surface area contributed by atoms with Crippen LogP contribution in [0.2, 0.25) is 0 Å². The number of aryl methyl sites for hydroxylation is 1. The first kappa shape index (κ1) is 14.1. The van der Waals surface area contributed by atoms with Crippen molar-refractivity contribution in [2.75, 3.05) is 7.05 Å². The van der Waals surface area contributed by atoms with Crippen molar-refractivity contribution >= 4 is 0 Å². The van der Waals surface area contributed by atoms with Crippen LogP contribution in [0.25, 0.3) is 0 Å². The minimum atomic E-state index is 0.731. The predicted octanol–water partition coefficient (Wildman–Crippen LogP) is 4.38. The van der Waals surface area contributed by atoms with Crippen LogP contribution in [0.3, 0.4) is 0 Å². The molecule has 1 aromatic rings. The minimum Gasteiger partial charge on any atom is -0.317 e. The van der Waals surface area contributed by atoms with E-state index in [2.05, 4.69) is 50.5 Å². The standard InChI is InChI=1S/C19H29N/c1-13(2)7-6-10-17(20-3)19-16-12-11-14-8-4-5-9-15(14)18(16)19/h4-5,8-9,13,16-20H,6-7,10-12H2,1-3H3. The van der Waals surface area contributed by atoms with Gasteiger partial charge in [-0.05, 0) is 61.1 Å². The maximum absolute atomic E-state index is 3.62. The number of nitrogens with one attached hydrogen (secondary N) is 1. The van der Waals surface area contributed by atoms with Gasteiger partial charge in [-0.2, -0.15) is 0 Å². The smallest absolute Gasteiger partial charge is 0.0101 e. The molecule has 110 valence electrons. The van der Waals surface area contributed by atoms with E-state index in [0.717, 1.165) is 29.7 Å². The van der Waals surface area contributed by atoms with Crippen molar-refractivity contribution in [1.29, 1.82) is 0 Å². The molecule has 1 N–H and O–H groups in total. The number of benzene rings is 1. The summed E-state index contributed by atoms with van der Waals surface area (Å²) in [7, 11) is 2.16. The molecule has 0 spiro atoms. The topological polar surface area (TPSA) is 12.0 Å². The average Bonchev–Trinajstić information content (AvgIpc) is 3.18. The molecule has 4 unspecified atom stereocenters. The van der Waals surface area contributed by atoms with Gasteiger partial charge >= 0.3 is 0 Å². The molecular formula is C19H29N. The quantitative estimate of drug-likeness (QED) is 0.810. The van der Waals surface area contributed by atoms with Gasteiger partial charge < -0.3 is 5.32 Å². The maximum Gasteiger partial charge on any atom is 0.0101 e. The Kier molecular flexibility index (Phi) is 4.16. The van der Waals surface area contributed by atoms with E-state index < -0.39 is 0 Å². The molecule has 0 heterocycles. The summed E-state index contributed by atoms with van der Waals surface area (Å²) < 4.78 is 0. The molecule has 20 heavy (non-hydrogen) atoms. The average molecular weight is 271 g/mol. The second kappa shape index (κ2) is 5.89. The number of hydrogen-bond donors (Lipinski definition) is 1. The van der Waals surface area contributed by atoms with Gasteiger partial charge in [-0.25, -0.2) is 0 Å². The molecule has 0 aromatic heterocycles. The lowest BCUT2D eigenvalue weighted by atomic mass is 9.92. The highest BCUT2D eigenvalue weighted by Gasteiger charge is 2.55. The third-order valence-electron chi connectivity index (χ3n) is 5.52. The lowest BCUT2D eigenvalue weighted by Gasteiger charge is -2.17. The summed E-state index contributed by atoms with van der Waals surface area (Å²) in [5.74, 6) is 3.56. The molecule has 0 radical (unpaired) electrons. The van der Waals surface area contributed by atoms with Crippen LogP contribution in [0.4, 0.5) is 0 Å². The van der Waals surface area contributed by atoms with Crippen molar-refractivity contribution in [3.8, 4) is 0 Å². The summed E-state index contributed by atoms with van der Waals surface area (Å²) in [5, 5.41) is 3.62. The molecule has 2 aliphatic carbocycles. The number of fused-ring (bicyclic) bond motifs is 3. The van der Waals surface area contributed by atoms with Crippen molar-refractivity contribution in [3.05, 3.63) is 35.4 Å². The lowest BCUT2D eigenvalue weighted by Crippen LogP contribution is -2.28. The molecule has 0 aliphatic heterocycles. The van der Waals surface area contributed by atoms with Gasteiger partial charge in [-0.15, -0.1) is 0 Å². The molecule has 1 nitrogen and oxygen atoms in total. The van der Waals surface area contributed by atoms with Crippen LogP contribution in [0, 0.1) is 17.8 Å². The normalized spacial score (nSPS) is 28.9. The van der Waals surface area contributed by atoms with Gasteiger partial charge in [-0.3, -0.25) is 0 Å². The Morgan fingerprint density at radius 3 is 2.75 bits per heavy atom. The van der Waals surface area contributed by atoms with Crippen molar-refractivity contribution in [1.82, 2.24) is 5.32 Å². The van der Waals surface area contributed by atoms with E-state index in [4.69, 9.17) is 0 Å². The van der Waals surface area contributed by atoms with Gasteiger partial charge in [0.1, 0.15) is 0 Å². The first-order valence-corrected chi connectivity index (χ1v) is 8.47. The number of rotatable bonds is 6. The first-order valence-electron chi connectivity index (χ1n) is 8.47. The van der Waals surface area contributed by atoms with E-state index in [-0.39, 0.29) is 0 Å². The number of hydrogen-bond acceptors (Lipinski definition) is 1. The van der Waals surface area contributed by atoms with Gasteiger partial charge in [0.05, 0.1) is 0 Å². The summed E-state index contributed by atoms with van der Waals surface area (Å²) in [5.41, 5.74) is 3.28. The fourth-order valence-electron chi connectivity index (χ4n) is 4.44. The second-order valence-electron chi connectivity index (χ2n) is 7.22. The van der Waals surface area contributed by atoms with Crippen molar-refractivity contribution in [2.24, 2.45) is 17.8 Å². The Balaban J connectivity index is 1.64. The highest BCUT2D eigenvalue weighted by molar-refractivity contribution is 5.40. The zero-order chi connectivity index (χ0) is 14.1. The Labute approximate surface area is 124 Å². The van der Waals surface area contributed by atoms with E-state index in [1.165, 1.54) is 32.1 Å². The van der Waals surface area contributed by atoms with Crippen molar-refractivity contribution in [2.45, 2.75) is 57.9 Å². The Hall–Kier alpha value is -0.820. The molecule has 1 fully saturated rings. The van der Waals surface area contributed by atoms with Crippen LogP contribution in [-0.2, 0) is 6.42 Å². The van der Waals surface area contributed by atoms with Crippen LogP contribution in [0.5, 0.6) is 0 Å². The molecular weight excluding hydrogens is 242 g/mol. The maximum atomic E-state index is 3.62. The van der Waals surface area contributed by atoms with Gasteiger partial charge in [0.2, 0.25) is 0 Å². The SMILES string of the molecule is CNC(CCCC(C)C)C1C2CCc3ccccc3C21. The first-order chi connectivity index (χ1) is 9.72. The highest BCUT2D eigenvalue weighted by atomic mass is 14.9. The van der Waals surface area contributed by atoms with Crippen LogP contribution in [-0.4, -0.2) is 13.1 Å². The summed E-state index contributed by atoms with van der Waals surface area (Å²) in [6, 6.07) is 9.88. The third-order valence-corrected chi connectivity index (χ3v) is 5.52. The fourth-order valence-corrected chi connectivity index (χ4v) is 4.44. The molecule has 2 aliphatic rings.